The van der Waals surface area contributed by atoms with E-state index >= 15 is 0 Å². The van der Waals surface area contributed by atoms with Crippen LogP contribution in [0.3, 0.4) is 0 Å². The molecule has 8 heteroatoms. The van der Waals surface area contributed by atoms with E-state index < -0.39 is 37.3 Å². The van der Waals surface area contributed by atoms with Gasteiger partial charge in [-0.2, -0.15) is 0 Å². The quantitative estimate of drug-likeness (QED) is 0.462. The number of carbonyl (C=O) groups excluding carboxylic acids is 1. The maximum atomic E-state index is 12.1. The molecule has 2 aliphatic heterocycles. The molecule has 138 valence electrons. The summed E-state index contributed by atoms with van der Waals surface area (Å²) in [7, 11) is 0. The zero-order chi connectivity index (χ0) is 17.6. The van der Waals surface area contributed by atoms with Crippen LogP contribution in [-0.4, -0.2) is 76.4 Å². The van der Waals surface area contributed by atoms with Gasteiger partial charge in [0.15, 0.2) is 6.29 Å². The molecule has 0 spiro atoms. The molecule has 0 aromatic carbocycles. The van der Waals surface area contributed by atoms with E-state index in [0.29, 0.717) is 13.0 Å². The Labute approximate surface area is 140 Å². The lowest BCUT2D eigenvalue weighted by Gasteiger charge is -2.41. The zero-order valence-electron chi connectivity index (χ0n) is 13.8. The van der Waals surface area contributed by atoms with Gasteiger partial charge in [0.2, 0.25) is 0 Å². The number of carbonyl (C=O) groups is 1. The van der Waals surface area contributed by atoms with Crippen LogP contribution >= 0.6 is 0 Å². The molecule has 0 bridgehead atoms. The van der Waals surface area contributed by atoms with Gasteiger partial charge in [0.25, 0.3) is 0 Å². The van der Waals surface area contributed by atoms with Gasteiger partial charge < -0.3 is 34.6 Å². The molecule has 0 aromatic heterocycles. The molecule has 2 heterocycles. The van der Waals surface area contributed by atoms with E-state index in [1.54, 1.807) is 0 Å². The summed E-state index contributed by atoms with van der Waals surface area (Å²) in [5, 5.41) is 39.0. The third kappa shape index (κ3) is 2.95. The molecule has 2 saturated heterocycles. The summed E-state index contributed by atoms with van der Waals surface area (Å²) in [6, 6.07) is 0. The summed E-state index contributed by atoms with van der Waals surface area (Å²) >= 11 is 0. The Morgan fingerprint density at radius 1 is 1.17 bits per heavy atom. The van der Waals surface area contributed by atoms with Crippen molar-refractivity contribution in [1.29, 1.82) is 0 Å². The molecule has 1 aliphatic carbocycles. The molecule has 0 unspecified atom stereocenters. The van der Waals surface area contributed by atoms with Crippen LogP contribution in [0.15, 0.2) is 0 Å². The number of esters is 1. The van der Waals surface area contributed by atoms with E-state index in [9.17, 15) is 25.2 Å². The first-order chi connectivity index (χ1) is 11.3. The van der Waals surface area contributed by atoms with Crippen molar-refractivity contribution in [1.82, 2.24) is 0 Å². The number of aliphatic hydroxyl groups excluding tert-OH is 4. The van der Waals surface area contributed by atoms with Crippen molar-refractivity contribution in [3.8, 4) is 0 Å². The Morgan fingerprint density at radius 2 is 1.88 bits per heavy atom. The highest BCUT2D eigenvalue weighted by Crippen LogP contribution is 2.46. The third-order valence-electron chi connectivity index (χ3n) is 5.77. The van der Waals surface area contributed by atoms with Gasteiger partial charge in [0, 0.05) is 0 Å². The highest BCUT2D eigenvalue weighted by molar-refractivity contribution is 5.74. The van der Waals surface area contributed by atoms with E-state index in [4.69, 9.17) is 14.2 Å². The Morgan fingerprint density at radius 3 is 2.50 bits per heavy atom. The molecule has 0 radical (unpaired) electrons. The van der Waals surface area contributed by atoms with E-state index in [0.717, 1.165) is 0 Å². The number of fused-ring (bicyclic) bond motifs is 1. The van der Waals surface area contributed by atoms with Gasteiger partial charge in [-0.25, -0.2) is 0 Å². The van der Waals surface area contributed by atoms with E-state index in [2.05, 4.69) is 0 Å². The largest absolute Gasteiger partial charge is 0.465 e. The van der Waals surface area contributed by atoms with Crippen LogP contribution in [0, 0.1) is 23.7 Å². The maximum Gasteiger partial charge on any atom is 0.309 e. The van der Waals surface area contributed by atoms with Crippen LogP contribution in [-0.2, 0) is 19.0 Å². The van der Waals surface area contributed by atoms with E-state index in [-0.39, 0.29) is 35.7 Å². The molecule has 3 fully saturated rings. The van der Waals surface area contributed by atoms with Crippen LogP contribution in [0.1, 0.15) is 20.3 Å². The molecule has 3 aliphatic rings. The average Bonchev–Trinajstić information content (AvgIpc) is 2.89. The minimum atomic E-state index is -1.47. The summed E-state index contributed by atoms with van der Waals surface area (Å²) in [4.78, 5) is 12.1. The predicted octanol–water partition coefficient (Wildman–Crippen LogP) is -1.36. The zero-order valence-corrected chi connectivity index (χ0v) is 13.8. The molecule has 0 amide bonds. The molecular weight excluding hydrogens is 320 g/mol. The fraction of sp³-hybridized carbons (Fsp3) is 0.938. The van der Waals surface area contributed by atoms with Crippen LogP contribution in [0.4, 0.5) is 0 Å². The van der Waals surface area contributed by atoms with Crippen molar-refractivity contribution in [2.45, 2.75) is 57.1 Å². The first kappa shape index (κ1) is 18.0. The van der Waals surface area contributed by atoms with Crippen LogP contribution in [0.5, 0.6) is 0 Å². The van der Waals surface area contributed by atoms with Gasteiger partial charge in [-0.15, -0.1) is 0 Å². The van der Waals surface area contributed by atoms with Crippen LogP contribution in [0.25, 0.3) is 0 Å². The van der Waals surface area contributed by atoms with E-state index in [1.807, 2.05) is 13.8 Å². The topological polar surface area (TPSA) is 126 Å². The summed E-state index contributed by atoms with van der Waals surface area (Å²) in [6.07, 6.45) is -6.18. The highest BCUT2D eigenvalue weighted by atomic mass is 16.7. The van der Waals surface area contributed by atoms with Crippen LogP contribution in [0.2, 0.25) is 0 Å². The SMILES string of the molecule is C[C@@H]1[C@@H]2C(=O)OC[C@H](C)[C@H]2C[C@H]1O[C@@H]1O[C@H](CO)[C@@H](O)[C@@H](O)[C@@H]1O. The average molecular weight is 346 g/mol. The van der Waals surface area contributed by atoms with Crippen molar-refractivity contribution >= 4 is 5.97 Å². The van der Waals surface area contributed by atoms with Gasteiger partial charge in [-0.1, -0.05) is 13.8 Å². The van der Waals surface area contributed by atoms with Gasteiger partial charge >= 0.3 is 5.97 Å². The fourth-order valence-electron chi connectivity index (χ4n) is 4.19. The van der Waals surface area contributed by atoms with Crippen LogP contribution < -0.4 is 0 Å². The standard InChI is InChI=1S/C16H26O8/c1-6-5-22-15(21)11-7(2)9(3-8(6)11)23-16-14(20)13(19)12(18)10(4-17)24-16/h6-14,16-20H,3-5H2,1-2H3/t6-,7-,8+,9+,10+,11-,12+,13+,14-,16+/m0/s1. The number of rotatable bonds is 3. The normalized spacial score (nSPS) is 52.0. The molecule has 8 nitrogen and oxygen atoms in total. The van der Waals surface area contributed by atoms with Crippen molar-refractivity contribution in [2.24, 2.45) is 23.7 Å². The molecule has 4 N–H and O–H groups in total. The van der Waals surface area contributed by atoms with Gasteiger partial charge in [0.05, 0.1) is 25.2 Å². The Kier molecular flexibility index (Phi) is 5.15. The summed E-state index contributed by atoms with van der Waals surface area (Å²) in [6.45, 7) is 3.84. The minimum Gasteiger partial charge on any atom is -0.465 e. The lowest BCUT2D eigenvalue weighted by Crippen LogP contribution is -2.59. The van der Waals surface area contributed by atoms with Crippen molar-refractivity contribution < 1.29 is 39.4 Å². The monoisotopic (exact) mass is 346 g/mol. The van der Waals surface area contributed by atoms with Gasteiger partial charge in [0.1, 0.15) is 24.4 Å². The number of cyclic esters (lactones) is 1. The number of hydrogen-bond acceptors (Lipinski definition) is 8. The second kappa shape index (κ2) is 6.86. The third-order valence-corrected chi connectivity index (χ3v) is 5.77. The lowest BCUT2D eigenvalue weighted by atomic mass is 9.81. The minimum absolute atomic E-state index is 0.113. The summed E-state index contributed by atoms with van der Waals surface area (Å²) < 4.78 is 16.5. The maximum absolute atomic E-state index is 12.1. The molecule has 24 heavy (non-hydrogen) atoms. The number of aliphatic hydroxyl groups is 4. The van der Waals surface area contributed by atoms with E-state index in [1.165, 1.54) is 0 Å². The highest BCUT2D eigenvalue weighted by Gasteiger charge is 2.53. The second-order valence-electron chi connectivity index (χ2n) is 7.26. The van der Waals surface area contributed by atoms with Gasteiger partial charge in [-0.3, -0.25) is 4.79 Å². The Bertz CT molecular complexity index is 469. The number of hydrogen-bond donors (Lipinski definition) is 4. The summed E-state index contributed by atoms with van der Waals surface area (Å²) in [5.74, 6) is -0.193. The molecular formula is C16H26O8. The fourth-order valence-corrected chi connectivity index (χ4v) is 4.19. The van der Waals surface area contributed by atoms with Crippen molar-refractivity contribution in [3.63, 3.8) is 0 Å². The number of ether oxygens (including phenoxy) is 3. The first-order valence-electron chi connectivity index (χ1n) is 8.47. The smallest absolute Gasteiger partial charge is 0.309 e. The van der Waals surface area contributed by atoms with Crippen molar-refractivity contribution in [2.75, 3.05) is 13.2 Å². The lowest BCUT2D eigenvalue weighted by molar-refractivity contribution is -0.313. The first-order valence-corrected chi connectivity index (χ1v) is 8.47. The molecule has 3 rings (SSSR count). The molecule has 10 atom stereocenters. The molecule has 0 aromatic rings. The Hall–Kier alpha value is -0.770. The predicted molar refractivity (Wildman–Crippen MR) is 79.5 cm³/mol. The summed E-state index contributed by atoms with van der Waals surface area (Å²) in [5.41, 5.74) is 0. The Balaban J connectivity index is 1.70. The van der Waals surface area contributed by atoms with Crippen molar-refractivity contribution in [3.05, 3.63) is 0 Å². The molecule has 1 saturated carbocycles. The van der Waals surface area contributed by atoms with Gasteiger partial charge in [-0.05, 0) is 24.2 Å². The second-order valence-corrected chi connectivity index (χ2v) is 7.26.